The van der Waals surface area contributed by atoms with Gasteiger partial charge in [-0.05, 0) is 135 Å². The first-order valence-corrected chi connectivity index (χ1v) is 20.9. The topological polar surface area (TPSA) is 8.17 Å². The number of para-hydroxylation sites is 2. The van der Waals surface area contributed by atoms with Gasteiger partial charge in [0.2, 0.25) is 0 Å². The highest BCUT2D eigenvalue weighted by Crippen LogP contribution is 2.45. The summed E-state index contributed by atoms with van der Waals surface area (Å²) in [4.78, 5) is 2.39. The minimum Gasteiger partial charge on any atom is -0.310 e. The standard InChI is InChI=1S/C58H42N2/c1-4-16-41(17-5-1)43-30-34-50(35-31-43)59(51-36-32-44(33-37-51)46-22-14-21-45(38-46)42-18-6-2-7-19-42)52-26-15-23-47(39-52)55-40-48-20-10-11-27-53(48)58-57(55)54-28-12-13-29-56(54)60(58)49-24-8-3-9-25-49/h1-10,12-26,28-40H,11,27H2. The molecule has 1 heterocycles. The maximum absolute atomic E-state index is 2.49. The fourth-order valence-electron chi connectivity index (χ4n) is 9.18. The van der Waals surface area contributed by atoms with Gasteiger partial charge in [-0.25, -0.2) is 0 Å². The van der Waals surface area contributed by atoms with E-state index in [1.54, 1.807) is 0 Å². The fraction of sp³-hybridized carbons (Fsp3) is 0.0345. The predicted molar refractivity (Wildman–Crippen MR) is 255 cm³/mol. The first-order valence-electron chi connectivity index (χ1n) is 20.9. The summed E-state index contributed by atoms with van der Waals surface area (Å²) in [5.41, 5.74) is 19.4. The molecule has 1 aliphatic carbocycles. The molecule has 1 aliphatic rings. The Morgan fingerprint density at radius 3 is 1.62 bits per heavy atom. The van der Waals surface area contributed by atoms with Gasteiger partial charge in [0, 0.05) is 33.5 Å². The Balaban J connectivity index is 1.07. The number of allylic oxidation sites excluding steroid dienone is 1. The quantitative estimate of drug-likeness (QED) is 0.150. The average molecular weight is 767 g/mol. The van der Waals surface area contributed by atoms with Crippen LogP contribution in [-0.4, -0.2) is 4.57 Å². The van der Waals surface area contributed by atoms with Crippen LogP contribution in [0.25, 0.3) is 78.1 Å². The van der Waals surface area contributed by atoms with Crippen LogP contribution in [-0.2, 0) is 6.42 Å². The monoisotopic (exact) mass is 766 g/mol. The normalized spacial score (nSPS) is 12.1. The van der Waals surface area contributed by atoms with E-state index in [0.717, 1.165) is 29.9 Å². The van der Waals surface area contributed by atoms with Crippen LogP contribution in [0.4, 0.5) is 17.1 Å². The van der Waals surface area contributed by atoms with Crippen molar-refractivity contribution in [1.29, 1.82) is 0 Å². The predicted octanol–water partition coefficient (Wildman–Crippen LogP) is 15.9. The highest BCUT2D eigenvalue weighted by molar-refractivity contribution is 6.17. The summed E-state index contributed by atoms with van der Waals surface area (Å²) in [5, 5.41) is 2.58. The Bertz CT molecular complexity index is 3160. The maximum Gasteiger partial charge on any atom is 0.0585 e. The molecule has 0 saturated carbocycles. The molecule has 2 heteroatoms. The summed E-state index contributed by atoms with van der Waals surface area (Å²) >= 11 is 0. The zero-order chi connectivity index (χ0) is 39.8. The second kappa shape index (κ2) is 15.2. The third kappa shape index (κ3) is 6.40. The van der Waals surface area contributed by atoms with Crippen LogP contribution in [0, 0.1) is 0 Å². The van der Waals surface area contributed by atoms with E-state index < -0.39 is 0 Å². The lowest BCUT2D eigenvalue weighted by molar-refractivity contribution is 0.985. The molecule has 0 aliphatic heterocycles. The molecule has 9 aromatic carbocycles. The van der Waals surface area contributed by atoms with Crippen molar-refractivity contribution in [1.82, 2.24) is 4.57 Å². The molecule has 10 aromatic rings. The molecule has 0 saturated heterocycles. The van der Waals surface area contributed by atoms with E-state index in [1.165, 1.54) is 83.1 Å². The minimum absolute atomic E-state index is 1.02. The van der Waals surface area contributed by atoms with Crippen LogP contribution >= 0.6 is 0 Å². The Morgan fingerprint density at radius 1 is 0.400 bits per heavy atom. The van der Waals surface area contributed by atoms with Gasteiger partial charge in [-0.1, -0.05) is 164 Å². The van der Waals surface area contributed by atoms with E-state index >= 15 is 0 Å². The molecule has 0 fully saturated rings. The molecule has 284 valence electrons. The van der Waals surface area contributed by atoms with Crippen molar-refractivity contribution in [2.45, 2.75) is 12.8 Å². The van der Waals surface area contributed by atoms with Crippen LogP contribution in [0.1, 0.15) is 17.5 Å². The highest BCUT2D eigenvalue weighted by Gasteiger charge is 2.23. The van der Waals surface area contributed by atoms with Gasteiger partial charge in [0.05, 0.1) is 11.0 Å². The van der Waals surface area contributed by atoms with E-state index in [2.05, 4.69) is 240 Å². The summed E-state index contributed by atoms with van der Waals surface area (Å²) in [5.74, 6) is 0. The third-order valence-electron chi connectivity index (χ3n) is 12.0. The molecule has 60 heavy (non-hydrogen) atoms. The average Bonchev–Trinajstić information content (AvgIpc) is 3.68. The van der Waals surface area contributed by atoms with E-state index in [0.29, 0.717) is 0 Å². The first-order chi connectivity index (χ1) is 29.8. The molecule has 0 radical (unpaired) electrons. The number of rotatable bonds is 8. The van der Waals surface area contributed by atoms with E-state index in [9.17, 15) is 0 Å². The molecule has 0 N–H and O–H groups in total. The second-order valence-corrected chi connectivity index (χ2v) is 15.6. The van der Waals surface area contributed by atoms with Crippen molar-refractivity contribution in [3.8, 4) is 50.2 Å². The molecular formula is C58H42N2. The van der Waals surface area contributed by atoms with Gasteiger partial charge in [0.15, 0.2) is 0 Å². The van der Waals surface area contributed by atoms with Gasteiger partial charge in [0.1, 0.15) is 0 Å². The van der Waals surface area contributed by atoms with Crippen LogP contribution < -0.4 is 4.90 Å². The van der Waals surface area contributed by atoms with E-state index in [1.807, 2.05) is 0 Å². The number of hydrogen-bond acceptors (Lipinski definition) is 1. The molecular weight excluding hydrogens is 725 g/mol. The molecule has 0 unspecified atom stereocenters. The number of hydrogen-bond donors (Lipinski definition) is 0. The van der Waals surface area contributed by atoms with Crippen molar-refractivity contribution >= 4 is 44.9 Å². The van der Waals surface area contributed by atoms with Crippen LogP contribution in [0.2, 0.25) is 0 Å². The maximum atomic E-state index is 2.49. The summed E-state index contributed by atoms with van der Waals surface area (Å²) < 4.78 is 2.49. The number of aromatic nitrogens is 1. The van der Waals surface area contributed by atoms with Crippen molar-refractivity contribution in [3.63, 3.8) is 0 Å². The Hall–Kier alpha value is -7.68. The lowest BCUT2D eigenvalue weighted by Crippen LogP contribution is -2.10. The zero-order valence-electron chi connectivity index (χ0n) is 33.2. The van der Waals surface area contributed by atoms with Gasteiger partial charge in [0.25, 0.3) is 0 Å². The Kier molecular flexibility index (Phi) is 9.02. The SMILES string of the molecule is C1=Cc2cc(-c3cccc(N(c4ccc(-c5ccccc5)cc4)c4ccc(-c5cccc(-c6ccccc6)c5)cc4)c3)c3c4ccccc4n(-c4ccccc4)c3c2CC1. The number of fused-ring (bicyclic) bond motifs is 5. The van der Waals surface area contributed by atoms with Crippen molar-refractivity contribution in [2.75, 3.05) is 4.90 Å². The zero-order valence-corrected chi connectivity index (χ0v) is 33.2. The molecule has 2 nitrogen and oxygen atoms in total. The van der Waals surface area contributed by atoms with Crippen LogP contribution in [0.3, 0.4) is 0 Å². The fourth-order valence-corrected chi connectivity index (χ4v) is 9.18. The minimum atomic E-state index is 1.02. The van der Waals surface area contributed by atoms with Gasteiger partial charge in [-0.15, -0.1) is 0 Å². The summed E-state index contributed by atoms with van der Waals surface area (Å²) in [7, 11) is 0. The highest BCUT2D eigenvalue weighted by atomic mass is 15.1. The van der Waals surface area contributed by atoms with Crippen LogP contribution in [0.5, 0.6) is 0 Å². The van der Waals surface area contributed by atoms with Gasteiger partial charge >= 0.3 is 0 Å². The van der Waals surface area contributed by atoms with Crippen LogP contribution in [0.15, 0.2) is 224 Å². The third-order valence-corrected chi connectivity index (χ3v) is 12.0. The lowest BCUT2D eigenvalue weighted by atomic mass is 9.89. The molecule has 0 bridgehead atoms. The molecule has 0 atom stereocenters. The second-order valence-electron chi connectivity index (χ2n) is 15.6. The van der Waals surface area contributed by atoms with Crippen molar-refractivity contribution in [2.24, 2.45) is 0 Å². The molecule has 0 amide bonds. The van der Waals surface area contributed by atoms with E-state index in [4.69, 9.17) is 0 Å². The van der Waals surface area contributed by atoms with E-state index in [-0.39, 0.29) is 0 Å². The Labute approximate surface area is 351 Å². The number of aryl methyl sites for hydroxylation is 1. The van der Waals surface area contributed by atoms with Gasteiger partial charge < -0.3 is 9.47 Å². The summed E-state index contributed by atoms with van der Waals surface area (Å²) in [6.07, 6.45) is 6.72. The molecule has 0 spiro atoms. The number of benzene rings is 9. The van der Waals surface area contributed by atoms with Gasteiger partial charge in [-0.3, -0.25) is 0 Å². The summed E-state index contributed by atoms with van der Waals surface area (Å²) in [6.45, 7) is 0. The Morgan fingerprint density at radius 2 is 0.933 bits per heavy atom. The largest absolute Gasteiger partial charge is 0.310 e. The number of nitrogens with zero attached hydrogens (tertiary/aromatic N) is 2. The molecule has 1 aromatic heterocycles. The number of anilines is 3. The van der Waals surface area contributed by atoms with Crippen molar-refractivity contribution < 1.29 is 0 Å². The molecule has 11 rings (SSSR count). The summed E-state index contributed by atoms with van der Waals surface area (Å²) in [6, 6.07) is 79.4. The lowest BCUT2D eigenvalue weighted by Gasteiger charge is -2.27. The van der Waals surface area contributed by atoms with Crippen molar-refractivity contribution in [3.05, 3.63) is 236 Å². The smallest absolute Gasteiger partial charge is 0.0585 e. The van der Waals surface area contributed by atoms with Gasteiger partial charge in [-0.2, -0.15) is 0 Å². The first kappa shape index (κ1) is 35.5.